The number of rotatable bonds is 3. The topological polar surface area (TPSA) is 38.0 Å². The molecule has 1 unspecified atom stereocenters. The second-order valence-electron chi connectivity index (χ2n) is 4.01. The van der Waals surface area contributed by atoms with Crippen LogP contribution in [-0.2, 0) is 0 Å². The molecular formula is C14H15ClN2. The van der Waals surface area contributed by atoms with E-state index in [0.717, 1.165) is 16.1 Å². The molecule has 2 nitrogen and oxygen atoms in total. The van der Waals surface area contributed by atoms with Crippen molar-refractivity contribution in [2.75, 3.05) is 0 Å². The molecule has 0 saturated heterocycles. The Morgan fingerprint density at radius 1 is 1.12 bits per heavy atom. The monoisotopic (exact) mass is 246 g/mol. The Morgan fingerprint density at radius 2 is 1.82 bits per heavy atom. The van der Waals surface area contributed by atoms with E-state index in [4.69, 9.17) is 17.4 Å². The number of hydrogen-bond acceptors (Lipinski definition) is 2. The normalized spacial score (nSPS) is 12.4. The predicted octanol–water partition coefficient (Wildman–Crippen LogP) is 3.20. The van der Waals surface area contributed by atoms with Gasteiger partial charge in [0.25, 0.3) is 0 Å². The average molecular weight is 247 g/mol. The Bertz CT molecular complexity index is 497. The van der Waals surface area contributed by atoms with Crippen LogP contribution in [0.5, 0.6) is 0 Å². The maximum atomic E-state index is 6.04. The van der Waals surface area contributed by atoms with Crippen LogP contribution in [-0.4, -0.2) is 0 Å². The minimum Gasteiger partial charge on any atom is -0.271 e. The van der Waals surface area contributed by atoms with Crippen molar-refractivity contribution in [1.29, 1.82) is 0 Å². The summed E-state index contributed by atoms with van der Waals surface area (Å²) < 4.78 is 0. The van der Waals surface area contributed by atoms with Crippen LogP contribution in [0.4, 0.5) is 0 Å². The summed E-state index contributed by atoms with van der Waals surface area (Å²) in [6.45, 7) is 2.05. The molecule has 0 heterocycles. The quantitative estimate of drug-likeness (QED) is 0.645. The lowest BCUT2D eigenvalue weighted by molar-refractivity contribution is 0.634. The molecule has 0 fully saturated rings. The lowest BCUT2D eigenvalue weighted by atomic mass is 9.95. The third-order valence-electron chi connectivity index (χ3n) is 2.85. The van der Waals surface area contributed by atoms with E-state index in [9.17, 15) is 0 Å². The molecule has 2 rings (SSSR count). The van der Waals surface area contributed by atoms with Crippen molar-refractivity contribution < 1.29 is 0 Å². The number of benzene rings is 2. The van der Waals surface area contributed by atoms with Crippen LogP contribution in [0.25, 0.3) is 0 Å². The van der Waals surface area contributed by atoms with E-state index in [1.165, 1.54) is 5.56 Å². The third kappa shape index (κ3) is 2.67. The smallest absolute Gasteiger partial charge is 0.0713 e. The van der Waals surface area contributed by atoms with Crippen molar-refractivity contribution in [3.63, 3.8) is 0 Å². The maximum Gasteiger partial charge on any atom is 0.0713 e. The lowest BCUT2D eigenvalue weighted by Crippen LogP contribution is -2.29. The van der Waals surface area contributed by atoms with Gasteiger partial charge in [0, 0.05) is 5.02 Å². The highest BCUT2D eigenvalue weighted by Gasteiger charge is 2.14. The zero-order valence-corrected chi connectivity index (χ0v) is 10.4. The van der Waals surface area contributed by atoms with E-state index >= 15 is 0 Å². The summed E-state index contributed by atoms with van der Waals surface area (Å²) in [4.78, 5) is 0. The molecule has 0 radical (unpaired) electrons. The molecule has 2 aromatic rings. The molecule has 0 aliphatic rings. The molecule has 0 amide bonds. The van der Waals surface area contributed by atoms with Crippen molar-refractivity contribution in [1.82, 2.24) is 5.43 Å². The molecule has 3 N–H and O–H groups in total. The number of halogens is 1. The average Bonchev–Trinajstić information content (AvgIpc) is 2.36. The van der Waals surface area contributed by atoms with E-state index in [1.807, 2.05) is 48.5 Å². The van der Waals surface area contributed by atoms with Gasteiger partial charge in [-0.15, -0.1) is 0 Å². The van der Waals surface area contributed by atoms with Gasteiger partial charge in [-0.25, -0.2) is 5.43 Å². The minimum absolute atomic E-state index is 0.0325. The van der Waals surface area contributed by atoms with Crippen LogP contribution in [0.15, 0.2) is 48.5 Å². The molecule has 2 aromatic carbocycles. The van der Waals surface area contributed by atoms with Gasteiger partial charge in [0.15, 0.2) is 0 Å². The number of nitrogens with one attached hydrogen (secondary N) is 1. The van der Waals surface area contributed by atoms with Crippen molar-refractivity contribution in [2.24, 2.45) is 5.84 Å². The van der Waals surface area contributed by atoms with Gasteiger partial charge in [-0.2, -0.15) is 0 Å². The van der Waals surface area contributed by atoms with Gasteiger partial charge in [0.2, 0.25) is 0 Å². The van der Waals surface area contributed by atoms with E-state index < -0.39 is 0 Å². The van der Waals surface area contributed by atoms with Crippen LogP contribution in [0.3, 0.4) is 0 Å². The van der Waals surface area contributed by atoms with Crippen LogP contribution < -0.4 is 11.3 Å². The first-order chi connectivity index (χ1) is 8.22. The van der Waals surface area contributed by atoms with Gasteiger partial charge in [0.05, 0.1) is 6.04 Å². The zero-order valence-electron chi connectivity index (χ0n) is 9.65. The fraction of sp³-hybridized carbons (Fsp3) is 0.143. The van der Waals surface area contributed by atoms with Crippen LogP contribution in [0.2, 0.25) is 5.02 Å². The molecule has 17 heavy (non-hydrogen) atoms. The van der Waals surface area contributed by atoms with Gasteiger partial charge in [-0.1, -0.05) is 48.0 Å². The molecule has 0 saturated carbocycles. The van der Waals surface area contributed by atoms with Crippen LogP contribution in [0, 0.1) is 6.92 Å². The Kier molecular flexibility index (Phi) is 3.79. The van der Waals surface area contributed by atoms with Crippen molar-refractivity contribution in [3.8, 4) is 0 Å². The highest BCUT2D eigenvalue weighted by Crippen LogP contribution is 2.26. The first-order valence-corrected chi connectivity index (χ1v) is 5.87. The summed E-state index contributed by atoms with van der Waals surface area (Å²) in [5, 5.41) is 0.724. The molecule has 1 atom stereocenters. The Labute approximate surface area is 106 Å². The predicted molar refractivity (Wildman–Crippen MR) is 71.8 cm³/mol. The van der Waals surface area contributed by atoms with Crippen molar-refractivity contribution >= 4 is 11.6 Å². The van der Waals surface area contributed by atoms with E-state index in [2.05, 4.69) is 12.3 Å². The maximum absolute atomic E-state index is 6.04. The fourth-order valence-electron chi connectivity index (χ4n) is 1.93. The Balaban J connectivity index is 2.46. The molecule has 0 bridgehead atoms. The van der Waals surface area contributed by atoms with E-state index in [0.29, 0.717) is 0 Å². The largest absolute Gasteiger partial charge is 0.271 e. The zero-order chi connectivity index (χ0) is 12.3. The fourth-order valence-corrected chi connectivity index (χ4v) is 2.11. The summed E-state index contributed by atoms with van der Waals surface area (Å²) in [7, 11) is 0. The summed E-state index contributed by atoms with van der Waals surface area (Å²) >= 11 is 6.04. The molecule has 0 aliphatic heterocycles. The first kappa shape index (κ1) is 12.1. The Morgan fingerprint density at radius 3 is 2.47 bits per heavy atom. The van der Waals surface area contributed by atoms with Gasteiger partial charge in [0.1, 0.15) is 0 Å². The SMILES string of the molecule is Cc1ccc(Cl)cc1C(NN)c1ccccc1. The van der Waals surface area contributed by atoms with E-state index in [-0.39, 0.29) is 6.04 Å². The van der Waals surface area contributed by atoms with Crippen LogP contribution in [0.1, 0.15) is 22.7 Å². The summed E-state index contributed by atoms with van der Waals surface area (Å²) in [5.74, 6) is 5.66. The molecule has 3 heteroatoms. The van der Waals surface area contributed by atoms with Gasteiger partial charge >= 0.3 is 0 Å². The van der Waals surface area contributed by atoms with Crippen molar-refractivity contribution in [3.05, 3.63) is 70.2 Å². The number of nitrogens with two attached hydrogens (primary N) is 1. The number of hydrogen-bond donors (Lipinski definition) is 2. The summed E-state index contributed by atoms with van der Waals surface area (Å²) in [6, 6.07) is 15.9. The molecule has 0 aliphatic carbocycles. The Hall–Kier alpha value is -1.35. The third-order valence-corrected chi connectivity index (χ3v) is 3.09. The standard InChI is InChI=1S/C14H15ClN2/c1-10-7-8-12(15)9-13(10)14(17-16)11-5-3-2-4-6-11/h2-9,14,17H,16H2,1H3. The first-order valence-electron chi connectivity index (χ1n) is 5.49. The number of aryl methyl sites for hydroxylation is 1. The molecular weight excluding hydrogens is 232 g/mol. The van der Waals surface area contributed by atoms with Gasteiger partial charge in [-0.3, -0.25) is 5.84 Å². The van der Waals surface area contributed by atoms with Gasteiger partial charge in [-0.05, 0) is 35.7 Å². The minimum atomic E-state index is -0.0325. The summed E-state index contributed by atoms with van der Waals surface area (Å²) in [5.41, 5.74) is 6.24. The molecule has 88 valence electrons. The lowest BCUT2D eigenvalue weighted by Gasteiger charge is -2.19. The van der Waals surface area contributed by atoms with Gasteiger partial charge < -0.3 is 0 Å². The van der Waals surface area contributed by atoms with Crippen molar-refractivity contribution in [2.45, 2.75) is 13.0 Å². The molecule has 0 aromatic heterocycles. The molecule has 0 spiro atoms. The number of hydrazine groups is 1. The summed E-state index contributed by atoms with van der Waals surface area (Å²) in [6.07, 6.45) is 0. The highest BCUT2D eigenvalue weighted by molar-refractivity contribution is 6.30. The van der Waals surface area contributed by atoms with Crippen LogP contribution >= 0.6 is 11.6 Å². The second kappa shape index (κ2) is 5.32. The highest BCUT2D eigenvalue weighted by atomic mass is 35.5. The second-order valence-corrected chi connectivity index (χ2v) is 4.45. The van der Waals surface area contributed by atoms with E-state index in [1.54, 1.807) is 0 Å².